The van der Waals surface area contributed by atoms with Gasteiger partial charge in [-0.1, -0.05) is 18.2 Å². The predicted octanol–water partition coefficient (Wildman–Crippen LogP) is 3.56. The van der Waals surface area contributed by atoms with Crippen LogP contribution in [0.15, 0.2) is 42.6 Å². The summed E-state index contributed by atoms with van der Waals surface area (Å²) in [4.78, 5) is 18.8. The fraction of sp³-hybridized carbons (Fsp3) is 0.368. The molecule has 1 atom stereocenters. The summed E-state index contributed by atoms with van der Waals surface area (Å²) in [5.41, 5.74) is 1.70. The maximum absolute atomic E-state index is 13.7. The van der Waals surface area contributed by atoms with Gasteiger partial charge in [-0.05, 0) is 48.6 Å². The van der Waals surface area contributed by atoms with Gasteiger partial charge in [-0.2, -0.15) is 0 Å². The molecule has 0 bridgehead atoms. The van der Waals surface area contributed by atoms with E-state index in [0.717, 1.165) is 30.8 Å². The van der Waals surface area contributed by atoms with Crippen LogP contribution in [0.3, 0.4) is 0 Å². The summed E-state index contributed by atoms with van der Waals surface area (Å²) in [6.45, 7) is 0.762. The number of hydrogen-bond donors (Lipinski definition) is 1. The molecule has 0 spiro atoms. The van der Waals surface area contributed by atoms with Crippen molar-refractivity contribution in [3.8, 4) is 0 Å². The second-order valence-electron chi connectivity index (χ2n) is 6.06. The van der Waals surface area contributed by atoms with E-state index in [1.54, 1.807) is 24.4 Å². The highest BCUT2D eigenvalue weighted by Gasteiger charge is 2.29. The topological polar surface area (TPSA) is 45.2 Å². The second kappa shape index (κ2) is 7.43. The zero-order valence-corrected chi connectivity index (χ0v) is 13.8. The van der Waals surface area contributed by atoms with Crippen molar-refractivity contribution in [1.82, 2.24) is 9.88 Å². The summed E-state index contributed by atoms with van der Waals surface area (Å²) in [6.07, 6.45) is 4.49. The Morgan fingerprint density at radius 3 is 3.00 bits per heavy atom. The largest absolute Gasteiger partial charge is 0.373 e. The first-order valence-electron chi connectivity index (χ1n) is 8.35. The average molecular weight is 327 g/mol. The lowest BCUT2D eigenvalue weighted by Crippen LogP contribution is -2.30. The lowest BCUT2D eigenvalue weighted by molar-refractivity contribution is -0.132. The summed E-state index contributed by atoms with van der Waals surface area (Å²) >= 11 is 0. The molecule has 1 aromatic heterocycles. The zero-order valence-electron chi connectivity index (χ0n) is 13.8. The average Bonchev–Trinajstić information content (AvgIpc) is 3.11. The van der Waals surface area contributed by atoms with E-state index in [-0.39, 0.29) is 17.8 Å². The number of hydrogen-bond acceptors (Lipinski definition) is 3. The Balaban J connectivity index is 1.68. The number of pyridine rings is 1. The molecule has 0 saturated carbocycles. The van der Waals surface area contributed by atoms with Crippen LogP contribution in [0.2, 0.25) is 0 Å². The zero-order chi connectivity index (χ0) is 16.9. The van der Waals surface area contributed by atoms with Crippen LogP contribution in [0.25, 0.3) is 0 Å². The molecule has 2 heterocycles. The fourth-order valence-electron chi connectivity index (χ4n) is 3.29. The number of halogens is 1. The molecule has 1 saturated heterocycles. The van der Waals surface area contributed by atoms with Crippen molar-refractivity contribution in [3.63, 3.8) is 0 Å². The smallest absolute Gasteiger partial charge is 0.223 e. The van der Waals surface area contributed by atoms with Gasteiger partial charge in [0, 0.05) is 26.2 Å². The molecule has 0 aliphatic carbocycles. The number of amides is 1. The molecule has 0 radical (unpaired) electrons. The Morgan fingerprint density at radius 2 is 2.21 bits per heavy atom. The third kappa shape index (κ3) is 3.55. The molecule has 24 heavy (non-hydrogen) atoms. The number of carbonyl (C=O) groups excluding carboxylic acids is 1. The highest BCUT2D eigenvalue weighted by Crippen LogP contribution is 2.33. The monoisotopic (exact) mass is 327 g/mol. The van der Waals surface area contributed by atoms with Crippen LogP contribution in [-0.2, 0) is 11.2 Å². The third-order valence-electron chi connectivity index (χ3n) is 4.56. The molecule has 3 rings (SSSR count). The molecule has 1 aliphatic rings. The molecule has 2 aromatic rings. The third-order valence-corrected chi connectivity index (χ3v) is 4.56. The number of benzene rings is 1. The number of aryl methyl sites for hydroxylation is 1. The number of anilines is 1. The second-order valence-corrected chi connectivity index (χ2v) is 6.06. The highest BCUT2D eigenvalue weighted by molar-refractivity contribution is 5.77. The van der Waals surface area contributed by atoms with Crippen molar-refractivity contribution < 1.29 is 9.18 Å². The molecular weight excluding hydrogens is 305 g/mol. The fourth-order valence-corrected chi connectivity index (χ4v) is 3.29. The minimum atomic E-state index is -0.240. The van der Waals surface area contributed by atoms with Crippen LogP contribution in [0.1, 0.15) is 36.4 Å². The maximum Gasteiger partial charge on any atom is 0.223 e. The molecule has 1 amide bonds. The first kappa shape index (κ1) is 16.4. The van der Waals surface area contributed by atoms with Gasteiger partial charge in [0.2, 0.25) is 5.91 Å². The van der Waals surface area contributed by atoms with Gasteiger partial charge >= 0.3 is 0 Å². The Morgan fingerprint density at radius 1 is 1.38 bits per heavy atom. The van der Waals surface area contributed by atoms with E-state index >= 15 is 0 Å². The van der Waals surface area contributed by atoms with Crippen LogP contribution in [0.5, 0.6) is 0 Å². The van der Waals surface area contributed by atoms with Gasteiger partial charge in [-0.25, -0.2) is 9.37 Å². The number of likely N-dealkylation sites (tertiary alicyclic amines) is 1. The minimum absolute atomic E-state index is 0.0866. The SMILES string of the molecule is CNc1cc([C@H]2CCCN2C(=O)CCc2ccccc2F)ccn1. The molecule has 1 aliphatic heterocycles. The van der Waals surface area contributed by atoms with Crippen molar-refractivity contribution in [2.45, 2.75) is 31.7 Å². The van der Waals surface area contributed by atoms with E-state index in [1.807, 2.05) is 24.1 Å². The summed E-state index contributed by atoms with van der Waals surface area (Å²) in [5, 5.41) is 3.03. The first-order chi connectivity index (χ1) is 11.7. The lowest BCUT2D eigenvalue weighted by atomic mass is 10.0. The van der Waals surface area contributed by atoms with Gasteiger partial charge in [0.15, 0.2) is 0 Å². The minimum Gasteiger partial charge on any atom is -0.373 e. The molecular formula is C19H22FN3O. The Hall–Kier alpha value is -2.43. The van der Waals surface area contributed by atoms with Crippen molar-refractivity contribution in [2.75, 3.05) is 18.9 Å². The Kier molecular flexibility index (Phi) is 5.08. The number of rotatable bonds is 5. The van der Waals surface area contributed by atoms with E-state index in [4.69, 9.17) is 0 Å². The molecule has 1 fully saturated rings. The molecule has 0 unspecified atom stereocenters. The summed E-state index contributed by atoms with van der Waals surface area (Å²) < 4.78 is 13.7. The normalized spacial score (nSPS) is 17.1. The lowest BCUT2D eigenvalue weighted by Gasteiger charge is -2.25. The Bertz CT molecular complexity index is 719. The van der Waals surface area contributed by atoms with E-state index in [1.165, 1.54) is 6.07 Å². The maximum atomic E-state index is 13.7. The van der Waals surface area contributed by atoms with Crippen LogP contribution in [0.4, 0.5) is 10.2 Å². The molecule has 4 nitrogen and oxygen atoms in total. The van der Waals surface area contributed by atoms with E-state index in [2.05, 4.69) is 10.3 Å². The van der Waals surface area contributed by atoms with Gasteiger partial charge in [0.25, 0.3) is 0 Å². The summed E-state index contributed by atoms with van der Waals surface area (Å²) in [7, 11) is 1.83. The highest BCUT2D eigenvalue weighted by atomic mass is 19.1. The van der Waals surface area contributed by atoms with Crippen LogP contribution >= 0.6 is 0 Å². The van der Waals surface area contributed by atoms with Crippen molar-refractivity contribution in [2.24, 2.45) is 0 Å². The van der Waals surface area contributed by atoms with Gasteiger partial charge in [0.1, 0.15) is 11.6 Å². The molecule has 1 N–H and O–H groups in total. The first-order valence-corrected chi connectivity index (χ1v) is 8.35. The quantitative estimate of drug-likeness (QED) is 0.913. The van der Waals surface area contributed by atoms with Crippen LogP contribution < -0.4 is 5.32 Å². The standard InChI is InChI=1S/C19H22FN3O/c1-21-18-13-15(10-11-22-18)17-7-4-12-23(17)19(24)9-8-14-5-2-3-6-16(14)20/h2-3,5-6,10-11,13,17H,4,7-9,12H2,1H3,(H,21,22)/t17-/m1/s1. The van der Waals surface area contributed by atoms with Gasteiger partial charge in [0.05, 0.1) is 6.04 Å². The van der Waals surface area contributed by atoms with Gasteiger partial charge in [-0.3, -0.25) is 4.79 Å². The summed E-state index contributed by atoms with van der Waals surface area (Å²) in [5.74, 6) is 0.651. The van der Waals surface area contributed by atoms with E-state index in [0.29, 0.717) is 18.4 Å². The van der Waals surface area contributed by atoms with Crippen LogP contribution in [-0.4, -0.2) is 29.4 Å². The van der Waals surface area contributed by atoms with Crippen molar-refractivity contribution in [1.29, 1.82) is 0 Å². The molecule has 5 heteroatoms. The summed E-state index contributed by atoms with van der Waals surface area (Å²) in [6, 6.07) is 10.7. The van der Waals surface area contributed by atoms with E-state index < -0.39 is 0 Å². The van der Waals surface area contributed by atoms with Crippen molar-refractivity contribution >= 4 is 11.7 Å². The van der Waals surface area contributed by atoms with Gasteiger partial charge < -0.3 is 10.2 Å². The molecule has 1 aromatic carbocycles. The van der Waals surface area contributed by atoms with Crippen LogP contribution in [0, 0.1) is 5.82 Å². The number of aromatic nitrogens is 1. The number of carbonyl (C=O) groups is 1. The van der Waals surface area contributed by atoms with E-state index in [9.17, 15) is 9.18 Å². The number of nitrogens with one attached hydrogen (secondary N) is 1. The molecule has 126 valence electrons. The van der Waals surface area contributed by atoms with Gasteiger partial charge in [-0.15, -0.1) is 0 Å². The Labute approximate surface area is 141 Å². The number of nitrogens with zero attached hydrogens (tertiary/aromatic N) is 2. The predicted molar refractivity (Wildman–Crippen MR) is 92.2 cm³/mol. The van der Waals surface area contributed by atoms with Crippen molar-refractivity contribution in [3.05, 3.63) is 59.5 Å².